The number of thiophene rings is 1. The van der Waals surface area contributed by atoms with Gasteiger partial charge in [-0.25, -0.2) is 0 Å². The van der Waals surface area contributed by atoms with Crippen molar-refractivity contribution in [3.63, 3.8) is 0 Å². The number of hydrogen-bond acceptors (Lipinski definition) is 3. The predicted octanol–water partition coefficient (Wildman–Crippen LogP) is 4.02. The molecule has 0 saturated carbocycles. The Labute approximate surface area is 123 Å². The van der Waals surface area contributed by atoms with Gasteiger partial charge in [0, 0.05) is 10.9 Å². The van der Waals surface area contributed by atoms with Crippen LogP contribution in [0.25, 0.3) is 0 Å². The first kappa shape index (κ1) is 14.5. The maximum atomic E-state index is 6.24. The highest BCUT2D eigenvalue weighted by Gasteiger charge is 2.27. The van der Waals surface area contributed by atoms with Crippen LogP contribution in [0.3, 0.4) is 0 Å². The summed E-state index contributed by atoms with van der Waals surface area (Å²) in [7, 11) is 0. The first-order valence-electron chi connectivity index (χ1n) is 6.83. The van der Waals surface area contributed by atoms with Gasteiger partial charge in [-0.15, -0.1) is 11.3 Å². The molecule has 1 saturated heterocycles. The fourth-order valence-electron chi connectivity index (χ4n) is 2.82. The van der Waals surface area contributed by atoms with Crippen LogP contribution in [0.4, 0.5) is 0 Å². The van der Waals surface area contributed by atoms with Crippen LogP contribution in [0.1, 0.15) is 44.0 Å². The van der Waals surface area contributed by atoms with E-state index in [9.17, 15) is 0 Å². The minimum atomic E-state index is 0.184. The molecule has 1 aromatic heterocycles. The van der Waals surface area contributed by atoms with Crippen molar-refractivity contribution in [2.75, 3.05) is 13.1 Å². The Kier molecular flexibility index (Phi) is 5.24. The van der Waals surface area contributed by atoms with Crippen LogP contribution in [0.2, 0.25) is 0 Å². The van der Waals surface area contributed by atoms with E-state index < -0.39 is 0 Å². The Hall–Kier alpha value is 0.1000. The summed E-state index contributed by atoms with van der Waals surface area (Å²) in [5.41, 5.74) is 6.24. The molecule has 3 unspecified atom stereocenters. The summed E-state index contributed by atoms with van der Waals surface area (Å²) in [6.45, 7) is 6.87. The van der Waals surface area contributed by atoms with E-state index in [0.29, 0.717) is 6.04 Å². The van der Waals surface area contributed by atoms with E-state index in [1.807, 2.05) is 11.3 Å². The van der Waals surface area contributed by atoms with Gasteiger partial charge in [0.05, 0.1) is 9.83 Å². The minimum Gasteiger partial charge on any atom is -0.326 e. The third-order valence-electron chi connectivity index (χ3n) is 3.83. The van der Waals surface area contributed by atoms with Gasteiger partial charge in [0.25, 0.3) is 0 Å². The summed E-state index contributed by atoms with van der Waals surface area (Å²) >= 11 is 5.38. The van der Waals surface area contributed by atoms with Crippen LogP contribution in [0, 0.1) is 5.92 Å². The second kappa shape index (κ2) is 6.51. The molecule has 102 valence electrons. The molecule has 1 fully saturated rings. The number of hydrogen-bond donors (Lipinski definition) is 1. The second-order valence-corrected chi connectivity index (χ2v) is 8.01. The molecule has 0 aliphatic carbocycles. The maximum Gasteiger partial charge on any atom is 0.0702 e. The molecule has 4 heteroatoms. The van der Waals surface area contributed by atoms with Crippen LogP contribution in [0.15, 0.2) is 15.9 Å². The van der Waals surface area contributed by atoms with Gasteiger partial charge < -0.3 is 5.73 Å². The largest absolute Gasteiger partial charge is 0.326 e. The molecule has 0 amide bonds. The Morgan fingerprint density at radius 2 is 2.17 bits per heavy atom. The molecule has 0 aromatic carbocycles. The smallest absolute Gasteiger partial charge is 0.0702 e. The highest BCUT2D eigenvalue weighted by molar-refractivity contribution is 9.11. The molecule has 1 aliphatic rings. The molecule has 2 heterocycles. The van der Waals surface area contributed by atoms with E-state index in [1.165, 1.54) is 41.0 Å². The number of halogens is 1. The molecule has 18 heavy (non-hydrogen) atoms. The zero-order valence-corrected chi connectivity index (χ0v) is 13.6. The second-order valence-electron chi connectivity index (χ2n) is 5.52. The molecular formula is C14H23BrN2S. The Morgan fingerprint density at radius 3 is 2.78 bits per heavy atom. The first-order valence-corrected chi connectivity index (χ1v) is 8.43. The van der Waals surface area contributed by atoms with E-state index in [1.54, 1.807) is 0 Å². The predicted molar refractivity (Wildman–Crippen MR) is 83.0 cm³/mol. The lowest BCUT2D eigenvalue weighted by atomic mass is 10.0. The molecule has 2 N–H and O–H groups in total. The van der Waals surface area contributed by atoms with E-state index in [-0.39, 0.29) is 6.04 Å². The first-order chi connectivity index (χ1) is 8.58. The zero-order valence-electron chi connectivity index (χ0n) is 11.2. The monoisotopic (exact) mass is 330 g/mol. The summed E-state index contributed by atoms with van der Waals surface area (Å²) in [6.07, 6.45) is 3.96. The zero-order chi connectivity index (χ0) is 13.1. The van der Waals surface area contributed by atoms with Crippen molar-refractivity contribution in [2.45, 2.75) is 45.2 Å². The highest BCUT2D eigenvalue weighted by Crippen LogP contribution is 2.34. The summed E-state index contributed by atoms with van der Waals surface area (Å²) < 4.78 is 1.20. The van der Waals surface area contributed by atoms with Crippen LogP contribution in [-0.2, 0) is 0 Å². The SMILES string of the molecule is CC1CCCN(C(c2ccc(Br)s2)C(C)N)CC1. The molecule has 0 spiro atoms. The van der Waals surface area contributed by atoms with Gasteiger partial charge in [0.2, 0.25) is 0 Å². The van der Waals surface area contributed by atoms with Gasteiger partial charge in [-0.3, -0.25) is 4.90 Å². The van der Waals surface area contributed by atoms with E-state index in [0.717, 1.165) is 5.92 Å². The Balaban J connectivity index is 2.14. The van der Waals surface area contributed by atoms with E-state index in [4.69, 9.17) is 5.73 Å². The van der Waals surface area contributed by atoms with Gasteiger partial charge in [0.15, 0.2) is 0 Å². The number of likely N-dealkylation sites (tertiary alicyclic amines) is 1. The lowest BCUT2D eigenvalue weighted by Gasteiger charge is -2.32. The highest BCUT2D eigenvalue weighted by atomic mass is 79.9. The summed E-state index contributed by atoms with van der Waals surface area (Å²) in [4.78, 5) is 3.98. The van der Waals surface area contributed by atoms with E-state index >= 15 is 0 Å². The molecule has 2 rings (SSSR count). The summed E-state index contributed by atoms with van der Waals surface area (Å²) in [5, 5.41) is 0. The van der Waals surface area contributed by atoms with Crippen molar-refractivity contribution in [2.24, 2.45) is 11.7 Å². The van der Waals surface area contributed by atoms with Crippen molar-refractivity contribution < 1.29 is 0 Å². The molecule has 0 bridgehead atoms. The Morgan fingerprint density at radius 1 is 1.39 bits per heavy atom. The average molecular weight is 331 g/mol. The van der Waals surface area contributed by atoms with Crippen LogP contribution >= 0.6 is 27.3 Å². The Bertz CT molecular complexity index is 378. The lowest BCUT2D eigenvalue weighted by molar-refractivity contribution is 0.184. The molecule has 2 nitrogen and oxygen atoms in total. The minimum absolute atomic E-state index is 0.184. The number of nitrogens with zero attached hydrogens (tertiary/aromatic N) is 1. The molecule has 3 atom stereocenters. The van der Waals surface area contributed by atoms with Crippen molar-refractivity contribution in [3.05, 3.63) is 20.8 Å². The van der Waals surface area contributed by atoms with Crippen molar-refractivity contribution in [1.82, 2.24) is 4.90 Å². The van der Waals surface area contributed by atoms with Crippen LogP contribution in [0.5, 0.6) is 0 Å². The van der Waals surface area contributed by atoms with Crippen molar-refractivity contribution in [3.8, 4) is 0 Å². The van der Waals surface area contributed by atoms with E-state index in [2.05, 4.69) is 46.8 Å². The third kappa shape index (κ3) is 3.56. The van der Waals surface area contributed by atoms with Crippen LogP contribution < -0.4 is 5.73 Å². The third-order valence-corrected chi connectivity index (χ3v) is 5.52. The molecule has 1 aliphatic heterocycles. The standard InChI is InChI=1S/C14H23BrN2S/c1-10-4-3-8-17(9-7-10)14(11(2)16)12-5-6-13(15)18-12/h5-6,10-11,14H,3-4,7-9,16H2,1-2H3. The molecule has 1 aromatic rings. The van der Waals surface area contributed by atoms with Crippen LogP contribution in [-0.4, -0.2) is 24.0 Å². The number of rotatable bonds is 3. The maximum absolute atomic E-state index is 6.24. The van der Waals surface area contributed by atoms with Crippen molar-refractivity contribution in [1.29, 1.82) is 0 Å². The molecule has 0 radical (unpaired) electrons. The summed E-state index contributed by atoms with van der Waals surface area (Å²) in [5.74, 6) is 0.860. The van der Waals surface area contributed by atoms with Gasteiger partial charge in [-0.1, -0.05) is 6.92 Å². The molecular weight excluding hydrogens is 308 g/mol. The van der Waals surface area contributed by atoms with Gasteiger partial charge in [-0.2, -0.15) is 0 Å². The number of nitrogens with two attached hydrogens (primary N) is 1. The summed E-state index contributed by atoms with van der Waals surface area (Å²) in [6, 6.07) is 4.92. The lowest BCUT2D eigenvalue weighted by Crippen LogP contribution is -2.39. The fraction of sp³-hybridized carbons (Fsp3) is 0.714. The quantitative estimate of drug-likeness (QED) is 0.906. The average Bonchev–Trinajstić information content (AvgIpc) is 2.60. The normalized spacial score (nSPS) is 25.7. The van der Waals surface area contributed by atoms with Crippen molar-refractivity contribution >= 4 is 27.3 Å². The van der Waals surface area contributed by atoms with Gasteiger partial charge in [-0.05, 0) is 73.3 Å². The van der Waals surface area contributed by atoms with Gasteiger partial charge >= 0.3 is 0 Å². The van der Waals surface area contributed by atoms with Gasteiger partial charge in [0.1, 0.15) is 0 Å². The topological polar surface area (TPSA) is 29.3 Å². The fourth-order valence-corrected chi connectivity index (χ4v) is 4.50.